The molecule has 5 atom stereocenters. The maximum Gasteiger partial charge on any atom is 0.416 e. The highest BCUT2D eigenvalue weighted by Gasteiger charge is 2.63. The highest BCUT2D eigenvalue weighted by molar-refractivity contribution is 6.33. The fraction of sp³-hybridized carbons (Fsp3) is 0.500. The first kappa shape index (κ1) is 15.7. The number of nitrogens with one attached hydrogen (secondary N) is 1. The molecule has 4 nitrogen and oxygen atoms in total. The molecule has 3 aliphatic rings. The van der Waals surface area contributed by atoms with Crippen molar-refractivity contribution in [3.63, 3.8) is 0 Å². The molecule has 1 heterocycles. The summed E-state index contributed by atoms with van der Waals surface area (Å²) in [6, 6.07) is 2.76. The number of carbonyl (C=O) groups is 2. The Morgan fingerprint density at radius 3 is 2.75 bits per heavy atom. The number of amides is 1. The van der Waals surface area contributed by atoms with Crippen LogP contribution in [0.4, 0.5) is 18.9 Å². The molecule has 0 radical (unpaired) electrons. The van der Waals surface area contributed by atoms with E-state index >= 15 is 0 Å². The number of halogens is 4. The number of hydrogen-bond acceptors (Lipinski definition) is 3. The first-order chi connectivity index (χ1) is 11.3. The number of anilines is 1. The average Bonchev–Trinajstić information content (AvgIpc) is 3.09. The number of alkyl halides is 3. The van der Waals surface area contributed by atoms with Crippen LogP contribution in [0, 0.1) is 23.7 Å². The Kier molecular flexibility index (Phi) is 3.36. The number of hydrogen-bond donors (Lipinski definition) is 1. The SMILES string of the molecule is O=C(Nc1cc(C(F)(F)F)ccc1Cl)[C@@H]1[C@@H]2C[C@H]3[C@H]1C(=O)O[C@@H]3C2. The van der Waals surface area contributed by atoms with E-state index in [1.165, 1.54) is 0 Å². The number of benzene rings is 1. The Morgan fingerprint density at radius 1 is 1.29 bits per heavy atom. The average molecular weight is 360 g/mol. The second-order valence-electron chi connectivity index (χ2n) is 6.60. The van der Waals surface area contributed by atoms with Gasteiger partial charge in [0.05, 0.1) is 28.1 Å². The van der Waals surface area contributed by atoms with Gasteiger partial charge in [0.1, 0.15) is 6.10 Å². The van der Waals surface area contributed by atoms with Crippen LogP contribution in [0.3, 0.4) is 0 Å². The number of carbonyl (C=O) groups excluding carboxylic acids is 2. The molecule has 2 aliphatic carbocycles. The molecule has 0 aromatic heterocycles. The first-order valence-electron chi connectivity index (χ1n) is 7.64. The summed E-state index contributed by atoms with van der Waals surface area (Å²) < 4.78 is 43.7. The van der Waals surface area contributed by atoms with Gasteiger partial charge in [-0.3, -0.25) is 9.59 Å². The monoisotopic (exact) mass is 359 g/mol. The molecular weight excluding hydrogens is 347 g/mol. The van der Waals surface area contributed by atoms with Gasteiger partial charge in [-0.05, 0) is 37.0 Å². The fourth-order valence-corrected chi connectivity index (χ4v) is 4.54. The number of esters is 1. The maximum absolute atomic E-state index is 12.8. The van der Waals surface area contributed by atoms with Crippen molar-refractivity contribution in [1.82, 2.24) is 0 Å². The lowest BCUT2D eigenvalue weighted by molar-refractivity contribution is -0.145. The molecular formula is C16H13ClF3NO3. The van der Waals surface area contributed by atoms with Crippen molar-refractivity contribution in [3.8, 4) is 0 Å². The van der Waals surface area contributed by atoms with Gasteiger partial charge in [-0.1, -0.05) is 11.6 Å². The van der Waals surface area contributed by atoms with Gasteiger partial charge >= 0.3 is 12.1 Å². The molecule has 0 spiro atoms. The lowest BCUT2D eigenvalue weighted by Gasteiger charge is -2.24. The summed E-state index contributed by atoms with van der Waals surface area (Å²) in [5.74, 6) is -1.81. The molecule has 2 saturated carbocycles. The maximum atomic E-state index is 12.8. The molecule has 1 aromatic rings. The summed E-state index contributed by atoms with van der Waals surface area (Å²) in [7, 11) is 0. The number of rotatable bonds is 2. The highest BCUT2D eigenvalue weighted by Crippen LogP contribution is 2.57. The van der Waals surface area contributed by atoms with E-state index in [1.54, 1.807) is 0 Å². The van der Waals surface area contributed by atoms with Crippen LogP contribution in [0.25, 0.3) is 0 Å². The zero-order valence-corrected chi connectivity index (χ0v) is 13.0. The minimum absolute atomic E-state index is 0.0198. The van der Waals surface area contributed by atoms with Gasteiger partial charge in [0.25, 0.3) is 0 Å². The van der Waals surface area contributed by atoms with Crippen LogP contribution < -0.4 is 5.32 Å². The van der Waals surface area contributed by atoms with E-state index in [0.717, 1.165) is 24.6 Å². The van der Waals surface area contributed by atoms with Crippen LogP contribution in [-0.2, 0) is 20.5 Å². The molecule has 1 N–H and O–H groups in total. The highest BCUT2D eigenvalue weighted by atomic mass is 35.5. The van der Waals surface area contributed by atoms with E-state index < -0.39 is 29.5 Å². The molecule has 1 amide bonds. The van der Waals surface area contributed by atoms with Gasteiger partial charge in [0.15, 0.2) is 0 Å². The summed E-state index contributed by atoms with van der Waals surface area (Å²) in [6.45, 7) is 0. The van der Waals surface area contributed by atoms with Crippen LogP contribution in [0.5, 0.6) is 0 Å². The molecule has 8 heteroatoms. The Morgan fingerprint density at radius 2 is 2.04 bits per heavy atom. The fourth-order valence-electron chi connectivity index (χ4n) is 4.38. The predicted octanol–water partition coefficient (Wildman–Crippen LogP) is 3.49. The Bertz CT molecular complexity index is 734. The van der Waals surface area contributed by atoms with E-state index in [9.17, 15) is 22.8 Å². The Hall–Kier alpha value is -1.76. The standard InChI is InChI=1S/C16H13ClF3NO3/c17-9-2-1-7(16(18,19)20)5-10(9)21-14(22)12-6-3-8-11(4-6)24-15(23)13(8)12/h1-2,5-6,8,11-13H,3-4H2,(H,21,22)/t6-,8-,11-,12-,13-/m1/s1. The van der Waals surface area contributed by atoms with Crippen molar-refractivity contribution in [2.24, 2.45) is 23.7 Å². The Labute approximate surface area is 140 Å². The predicted molar refractivity (Wildman–Crippen MR) is 78.2 cm³/mol. The van der Waals surface area contributed by atoms with Crippen molar-refractivity contribution in [1.29, 1.82) is 0 Å². The van der Waals surface area contributed by atoms with Crippen LogP contribution in [0.15, 0.2) is 18.2 Å². The summed E-state index contributed by atoms with van der Waals surface area (Å²) >= 11 is 5.91. The first-order valence-corrected chi connectivity index (χ1v) is 8.01. The third-order valence-corrected chi connectivity index (χ3v) is 5.67. The summed E-state index contributed by atoms with van der Waals surface area (Å²) in [4.78, 5) is 24.5. The second-order valence-corrected chi connectivity index (χ2v) is 7.01. The third-order valence-electron chi connectivity index (χ3n) is 5.34. The molecule has 3 fully saturated rings. The molecule has 128 valence electrons. The molecule has 1 aromatic carbocycles. The zero-order valence-electron chi connectivity index (χ0n) is 12.3. The van der Waals surface area contributed by atoms with Crippen LogP contribution >= 0.6 is 11.6 Å². The summed E-state index contributed by atoms with van der Waals surface area (Å²) in [6.07, 6.45) is -3.25. The molecule has 2 bridgehead atoms. The number of fused-ring (bicyclic) bond motifs is 1. The molecule has 0 unspecified atom stereocenters. The molecule has 4 rings (SSSR count). The van der Waals surface area contributed by atoms with Crippen molar-refractivity contribution in [3.05, 3.63) is 28.8 Å². The van der Waals surface area contributed by atoms with Gasteiger partial charge in [-0.15, -0.1) is 0 Å². The van der Waals surface area contributed by atoms with E-state index in [2.05, 4.69) is 5.32 Å². The summed E-state index contributed by atoms with van der Waals surface area (Å²) in [5.41, 5.74) is -0.988. The van der Waals surface area contributed by atoms with E-state index in [0.29, 0.717) is 6.42 Å². The third kappa shape index (κ3) is 2.29. The lowest BCUT2D eigenvalue weighted by Crippen LogP contribution is -2.36. The van der Waals surface area contributed by atoms with Crippen molar-refractivity contribution in [2.45, 2.75) is 25.1 Å². The van der Waals surface area contributed by atoms with Gasteiger partial charge < -0.3 is 10.1 Å². The van der Waals surface area contributed by atoms with Gasteiger partial charge in [0.2, 0.25) is 5.91 Å². The summed E-state index contributed by atoms with van der Waals surface area (Å²) in [5, 5.41) is 2.49. The largest absolute Gasteiger partial charge is 0.462 e. The van der Waals surface area contributed by atoms with Crippen molar-refractivity contribution < 1.29 is 27.5 Å². The van der Waals surface area contributed by atoms with Crippen LogP contribution in [0.1, 0.15) is 18.4 Å². The molecule has 1 saturated heterocycles. The smallest absolute Gasteiger partial charge is 0.416 e. The molecule has 1 aliphatic heterocycles. The van der Waals surface area contributed by atoms with E-state index in [1.807, 2.05) is 0 Å². The second kappa shape index (κ2) is 5.12. The van der Waals surface area contributed by atoms with E-state index in [4.69, 9.17) is 16.3 Å². The number of ether oxygens (including phenoxy) is 1. The lowest BCUT2D eigenvalue weighted by atomic mass is 9.79. The van der Waals surface area contributed by atoms with Crippen LogP contribution in [0.2, 0.25) is 5.02 Å². The van der Waals surface area contributed by atoms with Gasteiger partial charge in [-0.2, -0.15) is 13.2 Å². The molecule has 24 heavy (non-hydrogen) atoms. The quantitative estimate of drug-likeness (QED) is 0.822. The van der Waals surface area contributed by atoms with E-state index in [-0.39, 0.29) is 34.6 Å². The minimum atomic E-state index is -4.53. The normalized spacial score (nSPS) is 33.7. The Balaban J connectivity index is 1.58. The van der Waals surface area contributed by atoms with Gasteiger partial charge in [0, 0.05) is 5.92 Å². The van der Waals surface area contributed by atoms with Gasteiger partial charge in [-0.25, -0.2) is 0 Å². The zero-order chi connectivity index (χ0) is 17.2. The minimum Gasteiger partial charge on any atom is -0.462 e. The van der Waals surface area contributed by atoms with Crippen LogP contribution in [-0.4, -0.2) is 18.0 Å². The van der Waals surface area contributed by atoms with Crippen molar-refractivity contribution in [2.75, 3.05) is 5.32 Å². The topological polar surface area (TPSA) is 55.4 Å². The van der Waals surface area contributed by atoms with Crippen molar-refractivity contribution >= 4 is 29.2 Å².